The van der Waals surface area contributed by atoms with Crippen molar-refractivity contribution >= 4 is 40.6 Å². The predicted molar refractivity (Wildman–Crippen MR) is 117 cm³/mol. The van der Waals surface area contributed by atoms with Gasteiger partial charge in [-0.1, -0.05) is 11.6 Å². The predicted octanol–water partition coefficient (Wildman–Crippen LogP) is 3.30. The Morgan fingerprint density at radius 2 is 2.07 bits per heavy atom. The Kier molecular flexibility index (Phi) is 5.76. The maximum absolute atomic E-state index is 12.2. The van der Waals surface area contributed by atoms with Crippen molar-refractivity contribution < 1.29 is 4.79 Å². The van der Waals surface area contributed by atoms with Crippen LogP contribution in [-0.4, -0.2) is 36.0 Å². The van der Waals surface area contributed by atoms with Gasteiger partial charge >= 0.3 is 0 Å². The number of nitrogen functional groups attached to an aromatic ring is 1. The molecule has 7 nitrogen and oxygen atoms in total. The summed E-state index contributed by atoms with van der Waals surface area (Å²) in [6.07, 6.45) is 6.12. The second-order valence-corrected chi connectivity index (χ2v) is 8.17. The molecule has 4 rings (SSSR count). The van der Waals surface area contributed by atoms with Gasteiger partial charge in [0.25, 0.3) is 0 Å². The summed E-state index contributed by atoms with van der Waals surface area (Å²) in [5.74, 6) is 1.63. The molecule has 8 heteroatoms. The molecule has 0 radical (unpaired) electrons. The average molecular weight is 415 g/mol. The Bertz CT molecular complexity index is 918. The molecule has 1 aliphatic carbocycles. The second-order valence-electron chi connectivity index (χ2n) is 7.76. The monoisotopic (exact) mass is 414 g/mol. The third kappa shape index (κ3) is 4.24. The van der Waals surface area contributed by atoms with Crippen LogP contribution in [0.25, 0.3) is 0 Å². The topological polar surface area (TPSA) is 96.2 Å². The van der Waals surface area contributed by atoms with E-state index in [0.717, 1.165) is 62.3 Å². The van der Waals surface area contributed by atoms with E-state index >= 15 is 0 Å². The molecule has 1 aromatic heterocycles. The van der Waals surface area contributed by atoms with Crippen molar-refractivity contribution in [2.24, 2.45) is 5.92 Å². The van der Waals surface area contributed by atoms with Gasteiger partial charge < -0.3 is 21.3 Å². The van der Waals surface area contributed by atoms with Gasteiger partial charge in [-0.05, 0) is 56.7 Å². The number of piperidine rings is 1. The van der Waals surface area contributed by atoms with E-state index in [1.165, 1.54) is 5.56 Å². The quantitative estimate of drug-likeness (QED) is 0.664. The smallest absolute Gasteiger partial charge is 0.229 e. The number of carbonyl (C=O) groups is 1. The fourth-order valence-electron chi connectivity index (χ4n) is 4.23. The van der Waals surface area contributed by atoms with Crippen LogP contribution in [-0.2, 0) is 17.6 Å². The second kappa shape index (κ2) is 8.45. The summed E-state index contributed by atoms with van der Waals surface area (Å²) in [5, 5.41) is 6.59. The molecule has 1 aliphatic heterocycles. The van der Waals surface area contributed by atoms with E-state index in [-0.39, 0.29) is 11.8 Å². The molecule has 0 spiro atoms. The highest BCUT2D eigenvalue weighted by Gasteiger charge is 2.29. The third-order valence-corrected chi connectivity index (χ3v) is 6.10. The number of nitrogens with one attached hydrogen (secondary N) is 2. The number of nitrogens with zero attached hydrogens (tertiary/aromatic N) is 3. The van der Waals surface area contributed by atoms with Crippen molar-refractivity contribution in [1.29, 1.82) is 0 Å². The highest BCUT2D eigenvalue weighted by atomic mass is 35.5. The number of hydrogen-bond donors (Lipinski definition) is 3. The highest BCUT2D eigenvalue weighted by molar-refractivity contribution is 6.33. The van der Waals surface area contributed by atoms with Gasteiger partial charge in [-0.15, -0.1) is 0 Å². The van der Waals surface area contributed by atoms with Crippen LogP contribution < -0.4 is 21.3 Å². The number of aromatic nitrogens is 2. The minimum Gasteiger partial charge on any atom is -0.397 e. The number of benzene rings is 1. The summed E-state index contributed by atoms with van der Waals surface area (Å²) >= 11 is 6.03. The van der Waals surface area contributed by atoms with E-state index in [1.807, 2.05) is 6.07 Å². The summed E-state index contributed by atoms with van der Waals surface area (Å²) in [4.78, 5) is 24.1. The lowest BCUT2D eigenvalue weighted by Crippen LogP contribution is -2.43. The van der Waals surface area contributed by atoms with Crippen LogP contribution in [0.3, 0.4) is 0 Å². The Morgan fingerprint density at radius 3 is 2.86 bits per heavy atom. The number of hydrogen-bond acceptors (Lipinski definition) is 6. The molecule has 4 N–H and O–H groups in total. The van der Waals surface area contributed by atoms with Gasteiger partial charge in [0, 0.05) is 31.4 Å². The van der Waals surface area contributed by atoms with Crippen LogP contribution in [0.1, 0.15) is 36.9 Å². The van der Waals surface area contributed by atoms with Crippen molar-refractivity contribution in [3.05, 3.63) is 34.5 Å². The lowest BCUT2D eigenvalue weighted by molar-refractivity contribution is -0.124. The molecule has 154 valence electrons. The number of carbonyl (C=O) groups excluding carboxylic acids is 1. The zero-order valence-corrected chi connectivity index (χ0v) is 17.4. The summed E-state index contributed by atoms with van der Waals surface area (Å²) in [7, 11) is 1.70. The Labute approximate surface area is 176 Å². The van der Waals surface area contributed by atoms with Gasteiger partial charge in [-0.3, -0.25) is 4.79 Å². The van der Waals surface area contributed by atoms with E-state index in [0.29, 0.717) is 23.2 Å². The molecule has 0 unspecified atom stereocenters. The van der Waals surface area contributed by atoms with Gasteiger partial charge in [0.1, 0.15) is 5.82 Å². The van der Waals surface area contributed by atoms with Gasteiger partial charge in [0.15, 0.2) is 0 Å². The SMILES string of the molecule is CNC(=O)[C@@H]1CCCN(c2nc(Nc3ccc(Cl)c(N)c3)nc3c2CCCC3)C1. The number of fused-ring (bicyclic) bond motifs is 1. The highest BCUT2D eigenvalue weighted by Crippen LogP contribution is 2.33. The Morgan fingerprint density at radius 1 is 1.24 bits per heavy atom. The first kappa shape index (κ1) is 19.8. The van der Waals surface area contributed by atoms with Crippen LogP contribution in [0.2, 0.25) is 5.02 Å². The van der Waals surface area contributed by atoms with Crippen molar-refractivity contribution in [2.75, 3.05) is 36.1 Å². The van der Waals surface area contributed by atoms with Gasteiger partial charge in [0.2, 0.25) is 11.9 Å². The van der Waals surface area contributed by atoms with E-state index in [9.17, 15) is 4.79 Å². The minimum atomic E-state index is -0.00423. The summed E-state index contributed by atoms with van der Waals surface area (Å²) in [5.41, 5.74) is 9.58. The average Bonchev–Trinajstić information content (AvgIpc) is 2.75. The van der Waals surface area contributed by atoms with Crippen LogP contribution in [0.4, 0.5) is 23.1 Å². The molecule has 2 aromatic rings. The molecular formula is C21H27ClN6O. The Balaban J connectivity index is 1.66. The van der Waals surface area contributed by atoms with Crippen LogP contribution in [0, 0.1) is 5.92 Å². The van der Waals surface area contributed by atoms with E-state index in [2.05, 4.69) is 15.5 Å². The number of aryl methyl sites for hydroxylation is 1. The number of rotatable bonds is 4. The van der Waals surface area contributed by atoms with Crippen LogP contribution in [0.5, 0.6) is 0 Å². The fraction of sp³-hybridized carbons (Fsp3) is 0.476. The molecule has 2 heterocycles. The summed E-state index contributed by atoms with van der Waals surface area (Å²) in [6.45, 7) is 1.60. The summed E-state index contributed by atoms with van der Waals surface area (Å²) in [6, 6.07) is 5.41. The van der Waals surface area contributed by atoms with Crippen molar-refractivity contribution in [3.8, 4) is 0 Å². The first-order valence-electron chi connectivity index (χ1n) is 10.2. The standard InChI is InChI=1S/C21H27ClN6O/c1-24-20(29)13-5-4-10-28(12-13)19-15-6-2-3-7-18(15)26-21(27-19)25-14-8-9-16(22)17(23)11-14/h8-9,11,13H,2-7,10,12,23H2,1H3,(H,24,29)(H,25,26,27)/t13-/m1/s1. The number of halogens is 1. The third-order valence-electron chi connectivity index (χ3n) is 5.75. The minimum absolute atomic E-state index is 0.00423. The van der Waals surface area contributed by atoms with Gasteiger partial charge in [0.05, 0.1) is 22.3 Å². The van der Waals surface area contributed by atoms with Crippen molar-refractivity contribution in [2.45, 2.75) is 38.5 Å². The lowest BCUT2D eigenvalue weighted by Gasteiger charge is -2.35. The van der Waals surface area contributed by atoms with Crippen LogP contribution in [0.15, 0.2) is 18.2 Å². The number of amides is 1. The Hall–Kier alpha value is -2.54. The molecule has 2 aliphatic rings. The zero-order chi connectivity index (χ0) is 20.4. The zero-order valence-electron chi connectivity index (χ0n) is 16.7. The fourth-order valence-corrected chi connectivity index (χ4v) is 4.35. The maximum Gasteiger partial charge on any atom is 0.229 e. The molecule has 1 saturated heterocycles. The molecule has 1 atom stereocenters. The van der Waals surface area contributed by atoms with Gasteiger partial charge in [-0.2, -0.15) is 4.98 Å². The van der Waals surface area contributed by atoms with Gasteiger partial charge in [-0.25, -0.2) is 4.98 Å². The molecule has 1 fully saturated rings. The van der Waals surface area contributed by atoms with E-state index in [1.54, 1.807) is 19.2 Å². The first-order chi connectivity index (χ1) is 14.0. The molecule has 29 heavy (non-hydrogen) atoms. The van der Waals surface area contributed by atoms with Crippen molar-refractivity contribution in [3.63, 3.8) is 0 Å². The molecule has 1 aromatic carbocycles. The van der Waals surface area contributed by atoms with Crippen molar-refractivity contribution in [1.82, 2.24) is 15.3 Å². The first-order valence-corrected chi connectivity index (χ1v) is 10.6. The molecular weight excluding hydrogens is 388 g/mol. The molecule has 0 saturated carbocycles. The van der Waals surface area contributed by atoms with E-state index < -0.39 is 0 Å². The number of anilines is 4. The van der Waals surface area contributed by atoms with Crippen LogP contribution >= 0.6 is 11.6 Å². The molecule has 1 amide bonds. The lowest BCUT2D eigenvalue weighted by atomic mass is 9.93. The number of nitrogens with two attached hydrogens (primary N) is 1. The normalized spacial score (nSPS) is 18.8. The maximum atomic E-state index is 12.2. The molecule has 0 bridgehead atoms. The summed E-state index contributed by atoms with van der Waals surface area (Å²) < 4.78 is 0. The van der Waals surface area contributed by atoms with E-state index in [4.69, 9.17) is 27.3 Å². The largest absolute Gasteiger partial charge is 0.397 e.